The second-order valence-corrected chi connectivity index (χ2v) is 17.5. The molecule has 214 valence electrons. The lowest BCUT2D eigenvalue weighted by atomic mass is 10.3. The number of rotatable bonds is 8. The van der Waals surface area contributed by atoms with Crippen LogP contribution in [0.1, 0.15) is 0 Å². The summed E-state index contributed by atoms with van der Waals surface area (Å²) >= 11 is 0. The molecule has 0 atom stereocenters. The third-order valence-electron chi connectivity index (χ3n) is 8.36. The van der Waals surface area contributed by atoms with E-state index in [0.29, 0.717) is 0 Å². The first-order valence-electron chi connectivity index (χ1n) is 14.7. The quantitative estimate of drug-likeness (QED) is 0.179. The van der Waals surface area contributed by atoms with Crippen molar-refractivity contribution < 1.29 is 12.4 Å². The van der Waals surface area contributed by atoms with Crippen molar-refractivity contribution in [2.45, 2.75) is 0 Å². The molecule has 0 aliphatic carbocycles. The van der Waals surface area contributed by atoms with Gasteiger partial charge in [-0.05, 0) is 78.1 Å². The Bertz CT molecular complexity index is 1550. The molecular formula is C41H33ClP2. The third kappa shape index (κ3) is 5.04. The molecule has 0 N–H and O–H groups in total. The molecule has 0 aliphatic rings. The molecule has 0 spiro atoms. The highest BCUT2D eigenvalue weighted by atomic mass is 35.5. The molecule has 0 unspecified atom stereocenters. The van der Waals surface area contributed by atoms with Crippen LogP contribution in [0.25, 0.3) is 0 Å². The predicted molar refractivity (Wildman–Crippen MR) is 192 cm³/mol. The number of hydrogen-bond acceptors (Lipinski definition) is 0. The summed E-state index contributed by atoms with van der Waals surface area (Å²) in [5.41, 5.74) is 0. The molecule has 0 aliphatic heterocycles. The molecular weight excluding hydrogens is 590 g/mol. The molecule has 0 saturated carbocycles. The van der Waals surface area contributed by atoms with Crippen LogP contribution in [0.4, 0.5) is 0 Å². The van der Waals surface area contributed by atoms with E-state index in [2.05, 4.69) is 200 Å². The summed E-state index contributed by atoms with van der Waals surface area (Å²) in [6.07, 6.45) is 0. The van der Waals surface area contributed by atoms with E-state index in [1.165, 1.54) is 42.4 Å². The zero-order valence-electron chi connectivity index (χ0n) is 24.3. The Labute approximate surface area is 268 Å². The fourth-order valence-electron chi connectivity index (χ4n) is 6.53. The smallest absolute Gasteiger partial charge is 0.0985 e. The molecule has 0 heterocycles. The zero-order valence-corrected chi connectivity index (χ0v) is 26.9. The molecule has 0 amide bonds. The SMILES string of the molecule is [Cl-].c1ccc([P+](c2ccccc2)(c2ccccc2)c2cc[c-]([P+](c3ccccc3)(c3ccccc3)c3ccccc3)c2)cc1. The van der Waals surface area contributed by atoms with E-state index in [0.717, 1.165) is 0 Å². The van der Waals surface area contributed by atoms with Gasteiger partial charge in [0.2, 0.25) is 0 Å². The molecule has 0 bridgehead atoms. The van der Waals surface area contributed by atoms with Gasteiger partial charge in [-0.2, -0.15) is 6.07 Å². The second kappa shape index (κ2) is 13.2. The minimum Gasteiger partial charge on any atom is -1.00 e. The van der Waals surface area contributed by atoms with Gasteiger partial charge in [0.25, 0.3) is 0 Å². The average molecular weight is 623 g/mol. The molecule has 0 nitrogen and oxygen atoms in total. The highest BCUT2D eigenvalue weighted by molar-refractivity contribution is 8.03. The van der Waals surface area contributed by atoms with Crippen LogP contribution in [-0.4, -0.2) is 0 Å². The molecule has 0 radical (unpaired) electrons. The number of hydrogen-bond donors (Lipinski definition) is 0. The maximum atomic E-state index is 2.56. The Balaban J connectivity index is 0.00000343. The summed E-state index contributed by atoms with van der Waals surface area (Å²) in [4.78, 5) is 0. The van der Waals surface area contributed by atoms with Crippen LogP contribution >= 0.6 is 14.5 Å². The molecule has 0 fully saturated rings. The monoisotopic (exact) mass is 622 g/mol. The molecule has 3 heteroatoms. The van der Waals surface area contributed by atoms with Crippen molar-refractivity contribution in [2.24, 2.45) is 0 Å². The van der Waals surface area contributed by atoms with E-state index in [4.69, 9.17) is 0 Å². The van der Waals surface area contributed by atoms with Gasteiger partial charge in [-0.3, -0.25) is 0 Å². The average Bonchev–Trinajstić information content (AvgIpc) is 3.59. The van der Waals surface area contributed by atoms with Gasteiger partial charge in [-0.1, -0.05) is 115 Å². The Morgan fingerprint density at radius 3 is 0.864 bits per heavy atom. The Morgan fingerprint density at radius 2 is 0.568 bits per heavy atom. The first-order chi connectivity index (χ1) is 21.3. The first kappa shape index (κ1) is 29.9. The van der Waals surface area contributed by atoms with E-state index in [9.17, 15) is 0 Å². The summed E-state index contributed by atoms with van der Waals surface area (Å²) in [6.45, 7) is 0. The lowest BCUT2D eigenvalue weighted by Crippen LogP contribution is -3.00. The third-order valence-corrected chi connectivity index (χ3v) is 16.9. The summed E-state index contributed by atoms with van der Waals surface area (Å²) in [6, 6.07) is 74.4. The van der Waals surface area contributed by atoms with E-state index >= 15 is 0 Å². The minimum atomic E-state index is -2.21. The minimum absolute atomic E-state index is 0. The van der Waals surface area contributed by atoms with Crippen LogP contribution in [0.15, 0.2) is 200 Å². The van der Waals surface area contributed by atoms with E-state index < -0.39 is 14.5 Å². The van der Waals surface area contributed by atoms with E-state index in [1.54, 1.807) is 0 Å². The van der Waals surface area contributed by atoms with Gasteiger partial charge in [0.05, 0.1) is 46.4 Å². The van der Waals surface area contributed by atoms with Crippen molar-refractivity contribution in [2.75, 3.05) is 0 Å². The molecule has 7 aromatic rings. The number of benzene rings is 6. The zero-order chi connectivity index (χ0) is 29.0. The Morgan fingerprint density at radius 1 is 0.295 bits per heavy atom. The van der Waals surface area contributed by atoms with Crippen molar-refractivity contribution >= 4 is 57.0 Å². The fraction of sp³-hybridized carbons (Fsp3) is 0. The van der Waals surface area contributed by atoms with Crippen LogP contribution < -0.4 is 54.8 Å². The van der Waals surface area contributed by atoms with Gasteiger partial charge in [0, 0.05) is 5.30 Å². The highest BCUT2D eigenvalue weighted by Gasteiger charge is 2.48. The van der Waals surface area contributed by atoms with Gasteiger partial charge < -0.3 is 12.4 Å². The summed E-state index contributed by atoms with van der Waals surface area (Å²) in [5.74, 6) is 0. The van der Waals surface area contributed by atoms with Gasteiger partial charge in [-0.15, -0.1) is 6.07 Å². The van der Waals surface area contributed by atoms with Crippen LogP contribution in [0.5, 0.6) is 0 Å². The molecule has 7 rings (SSSR count). The number of halogens is 1. The van der Waals surface area contributed by atoms with E-state index in [1.807, 2.05) is 0 Å². The lowest BCUT2D eigenvalue weighted by molar-refractivity contribution is -0.00000803. The van der Waals surface area contributed by atoms with Gasteiger partial charge >= 0.3 is 0 Å². The van der Waals surface area contributed by atoms with Crippen LogP contribution in [0.2, 0.25) is 0 Å². The van der Waals surface area contributed by atoms with E-state index in [-0.39, 0.29) is 12.4 Å². The van der Waals surface area contributed by atoms with Crippen molar-refractivity contribution in [3.8, 4) is 0 Å². The molecule has 0 saturated heterocycles. The lowest BCUT2D eigenvalue weighted by Gasteiger charge is -2.32. The molecule has 0 aromatic heterocycles. The normalized spacial score (nSPS) is 11.5. The standard InChI is InChI=1S/C41H33P2.ClH/c1-7-19-34(20-8-1)42(35-21-9-2-10-22-35,36-23-11-3-12-24-36)40-31-32-41(33-40)43(37-25-13-4-14-26-37,38-27-15-5-16-28-38)39-29-17-6-18-30-39;/h1-33H;1H/q+1;/p-1. The Kier molecular flexibility index (Phi) is 8.97. The maximum Gasteiger partial charge on any atom is 0.0985 e. The van der Waals surface area contributed by atoms with Gasteiger partial charge in [0.1, 0.15) is 0 Å². The maximum absolute atomic E-state index is 2.56. The second-order valence-electron chi connectivity index (χ2n) is 10.7. The summed E-state index contributed by atoms with van der Waals surface area (Å²) in [5, 5.41) is 11.0. The van der Waals surface area contributed by atoms with Crippen molar-refractivity contribution in [1.29, 1.82) is 0 Å². The van der Waals surface area contributed by atoms with Crippen molar-refractivity contribution in [1.82, 2.24) is 0 Å². The molecule has 7 aromatic carbocycles. The summed E-state index contributed by atoms with van der Waals surface area (Å²) < 4.78 is 0. The van der Waals surface area contributed by atoms with Gasteiger partial charge in [0.15, 0.2) is 0 Å². The van der Waals surface area contributed by atoms with Crippen molar-refractivity contribution in [3.63, 3.8) is 0 Å². The van der Waals surface area contributed by atoms with Crippen LogP contribution in [-0.2, 0) is 0 Å². The summed E-state index contributed by atoms with van der Waals surface area (Å²) in [7, 11) is -4.42. The van der Waals surface area contributed by atoms with Crippen molar-refractivity contribution in [3.05, 3.63) is 200 Å². The fourth-order valence-corrected chi connectivity index (χ4v) is 15.2. The Hall–Kier alpha value is -4.18. The van der Waals surface area contributed by atoms with Crippen LogP contribution in [0.3, 0.4) is 0 Å². The highest BCUT2D eigenvalue weighted by Crippen LogP contribution is 2.58. The predicted octanol–water partition coefficient (Wildman–Crippen LogP) is 3.65. The topological polar surface area (TPSA) is 0 Å². The van der Waals surface area contributed by atoms with Crippen LogP contribution in [0, 0.1) is 0 Å². The first-order valence-corrected chi connectivity index (χ1v) is 18.3. The van der Waals surface area contributed by atoms with Gasteiger partial charge in [-0.25, -0.2) is 0 Å². The largest absolute Gasteiger partial charge is 1.00 e. The molecule has 44 heavy (non-hydrogen) atoms.